The van der Waals surface area contributed by atoms with E-state index in [1.807, 2.05) is 19.9 Å². The highest BCUT2D eigenvalue weighted by molar-refractivity contribution is 5.85. The number of nitrogens with zero attached hydrogens (tertiary/aromatic N) is 1. The third-order valence-electron chi connectivity index (χ3n) is 4.27. The number of nitrogens with one attached hydrogen (secondary N) is 1. The Bertz CT molecular complexity index is 848. The maximum absolute atomic E-state index is 12.2. The molecule has 1 amide bonds. The SMILES string of the molecule is Cc1cccc(C(NC(=O)CCc2cccc([N+](=O)[O-])c2)C(=O)O)c1C. The number of hydrogen-bond donors (Lipinski definition) is 2. The number of amides is 1. The minimum Gasteiger partial charge on any atom is -0.479 e. The number of non-ortho nitro benzene ring substituents is 1. The third kappa shape index (κ3) is 4.66. The standard InChI is InChI=1S/C19H20N2O5/c1-12-5-3-8-16(13(12)2)18(19(23)24)20-17(22)10-9-14-6-4-7-15(11-14)21(25)26/h3-8,11,18H,9-10H2,1-2H3,(H,20,22)(H,23,24). The number of benzene rings is 2. The molecule has 0 aliphatic heterocycles. The van der Waals surface area contributed by atoms with Gasteiger partial charge in [-0.15, -0.1) is 0 Å². The Morgan fingerprint density at radius 2 is 1.88 bits per heavy atom. The van der Waals surface area contributed by atoms with Gasteiger partial charge in [-0.2, -0.15) is 0 Å². The number of rotatable bonds is 7. The Kier molecular flexibility index (Phi) is 6.06. The Morgan fingerprint density at radius 1 is 1.19 bits per heavy atom. The van der Waals surface area contributed by atoms with Crippen LogP contribution >= 0.6 is 0 Å². The smallest absolute Gasteiger partial charge is 0.330 e. The first-order valence-electron chi connectivity index (χ1n) is 8.11. The minimum atomic E-state index is -1.14. The number of aryl methyl sites for hydroxylation is 2. The molecule has 7 nitrogen and oxygen atoms in total. The van der Waals surface area contributed by atoms with Gasteiger partial charge in [0.05, 0.1) is 4.92 Å². The van der Waals surface area contributed by atoms with Crippen LogP contribution in [0.4, 0.5) is 5.69 Å². The molecule has 1 atom stereocenters. The predicted octanol–water partition coefficient (Wildman–Crippen LogP) is 3.09. The van der Waals surface area contributed by atoms with Crippen molar-refractivity contribution in [1.29, 1.82) is 0 Å². The molecule has 0 bridgehead atoms. The molecular weight excluding hydrogens is 336 g/mol. The summed E-state index contributed by atoms with van der Waals surface area (Å²) in [6.45, 7) is 3.69. The second kappa shape index (κ2) is 8.24. The zero-order valence-corrected chi connectivity index (χ0v) is 14.6. The van der Waals surface area contributed by atoms with E-state index in [0.717, 1.165) is 11.1 Å². The average Bonchev–Trinajstić information content (AvgIpc) is 2.60. The summed E-state index contributed by atoms with van der Waals surface area (Å²) in [4.78, 5) is 34.1. The molecule has 7 heteroatoms. The van der Waals surface area contributed by atoms with Gasteiger partial charge in [0, 0.05) is 18.6 Å². The molecule has 0 radical (unpaired) electrons. The van der Waals surface area contributed by atoms with Crippen molar-refractivity contribution in [2.24, 2.45) is 0 Å². The number of nitro groups is 1. The summed E-state index contributed by atoms with van der Waals surface area (Å²) in [5, 5.41) is 22.8. The molecule has 2 N–H and O–H groups in total. The number of carbonyl (C=O) groups excluding carboxylic acids is 1. The highest BCUT2D eigenvalue weighted by Gasteiger charge is 2.24. The molecule has 2 aromatic carbocycles. The number of carboxylic acid groups (broad SMARTS) is 1. The summed E-state index contributed by atoms with van der Waals surface area (Å²) >= 11 is 0. The third-order valence-corrected chi connectivity index (χ3v) is 4.27. The Hall–Kier alpha value is -3.22. The van der Waals surface area contributed by atoms with E-state index >= 15 is 0 Å². The van der Waals surface area contributed by atoms with Crippen molar-refractivity contribution in [3.05, 3.63) is 74.8 Å². The summed E-state index contributed by atoms with van der Waals surface area (Å²) in [5.41, 5.74) is 2.91. The van der Waals surface area contributed by atoms with Gasteiger partial charge in [0.25, 0.3) is 5.69 Å². The summed E-state index contributed by atoms with van der Waals surface area (Å²) in [7, 11) is 0. The maximum Gasteiger partial charge on any atom is 0.330 e. The Balaban J connectivity index is 2.07. The summed E-state index contributed by atoms with van der Waals surface area (Å²) in [6.07, 6.45) is 0.322. The summed E-state index contributed by atoms with van der Waals surface area (Å²) in [6, 6.07) is 10.2. The normalized spacial score (nSPS) is 11.6. The van der Waals surface area contributed by atoms with Crippen molar-refractivity contribution in [2.45, 2.75) is 32.7 Å². The van der Waals surface area contributed by atoms with Gasteiger partial charge in [-0.1, -0.05) is 30.3 Å². The number of carbonyl (C=O) groups is 2. The molecule has 0 heterocycles. The molecule has 0 spiro atoms. The fraction of sp³-hybridized carbons (Fsp3) is 0.263. The first-order valence-corrected chi connectivity index (χ1v) is 8.11. The molecule has 0 saturated carbocycles. The molecule has 136 valence electrons. The van der Waals surface area contributed by atoms with Crippen molar-refractivity contribution >= 4 is 17.6 Å². The zero-order chi connectivity index (χ0) is 19.3. The van der Waals surface area contributed by atoms with E-state index in [1.165, 1.54) is 12.1 Å². The van der Waals surface area contributed by atoms with Crippen LogP contribution in [0.2, 0.25) is 0 Å². The largest absolute Gasteiger partial charge is 0.479 e. The summed E-state index contributed by atoms with van der Waals surface area (Å²) < 4.78 is 0. The second-order valence-corrected chi connectivity index (χ2v) is 6.05. The highest BCUT2D eigenvalue weighted by atomic mass is 16.6. The molecule has 2 rings (SSSR count). The minimum absolute atomic E-state index is 0.0375. The van der Waals surface area contributed by atoms with Gasteiger partial charge in [0.15, 0.2) is 6.04 Å². The van der Waals surface area contributed by atoms with Gasteiger partial charge in [-0.25, -0.2) is 4.79 Å². The van der Waals surface area contributed by atoms with Crippen LogP contribution in [-0.4, -0.2) is 21.9 Å². The van der Waals surface area contributed by atoms with Crippen LogP contribution in [0.1, 0.15) is 34.7 Å². The van der Waals surface area contributed by atoms with E-state index < -0.39 is 22.8 Å². The Labute approximate surface area is 150 Å². The number of hydrogen-bond acceptors (Lipinski definition) is 4. The maximum atomic E-state index is 12.2. The molecule has 26 heavy (non-hydrogen) atoms. The lowest BCUT2D eigenvalue weighted by atomic mass is 9.97. The predicted molar refractivity (Wildman–Crippen MR) is 95.9 cm³/mol. The average molecular weight is 356 g/mol. The number of carboxylic acids is 1. The van der Waals surface area contributed by atoms with Gasteiger partial charge in [0.2, 0.25) is 5.91 Å². The molecule has 0 aliphatic rings. The van der Waals surface area contributed by atoms with Crippen LogP contribution in [0.5, 0.6) is 0 Å². The molecule has 2 aromatic rings. The number of aliphatic carboxylic acids is 1. The van der Waals surface area contributed by atoms with Crippen molar-refractivity contribution in [3.8, 4) is 0 Å². The van der Waals surface area contributed by atoms with Crippen LogP contribution in [0, 0.1) is 24.0 Å². The van der Waals surface area contributed by atoms with Crippen molar-refractivity contribution in [3.63, 3.8) is 0 Å². The van der Waals surface area contributed by atoms with E-state index in [-0.39, 0.29) is 18.5 Å². The van der Waals surface area contributed by atoms with Gasteiger partial charge in [0.1, 0.15) is 0 Å². The van der Waals surface area contributed by atoms with E-state index in [2.05, 4.69) is 5.32 Å². The van der Waals surface area contributed by atoms with Crippen molar-refractivity contribution < 1.29 is 19.6 Å². The topological polar surface area (TPSA) is 110 Å². The van der Waals surface area contributed by atoms with Crippen LogP contribution in [0.15, 0.2) is 42.5 Å². The summed E-state index contributed by atoms with van der Waals surface area (Å²) in [5.74, 6) is -1.56. The second-order valence-electron chi connectivity index (χ2n) is 6.05. The fourth-order valence-corrected chi connectivity index (χ4v) is 2.68. The zero-order valence-electron chi connectivity index (χ0n) is 14.6. The van der Waals surface area contributed by atoms with Crippen molar-refractivity contribution in [2.75, 3.05) is 0 Å². The highest BCUT2D eigenvalue weighted by Crippen LogP contribution is 2.21. The van der Waals surface area contributed by atoms with E-state index in [4.69, 9.17) is 0 Å². The fourth-order valence-electron chi connectivity index (χ4n) is 2.68. The van der Waals surface area contributed by atoms with E-state index in [1.54, 1.807) is 24.3 Å². The lowest BCUT2D eigenvalue weighted by Gasteiger charge is -2.18. The quantitative estimate of drug-likeness (QED) is 0.585. The van der Waals surface area contributed by atoms with Gasteiger partial charge >= 0.3 is 5.97 Å². The molecule has 0 saturated heterocycles. The van der Waals surface area contributed by atoms with Crippen molar-refractivity contribution in [1.82, 2.24) is 5.32 Å². The van der Waals surface area contributed by atoms with Gasteiger partial charge < -0.3 is 10.4 Å². The molecule has 0 aliphatic carbocycles. The van der Waals surface area contributed by atoms with Crippen LogP contribution in [0.3, 0.4) is 0 Å². The van der Waals surface area contributed by atoms with Gasteiger partial charge in [-0.05, 0) is 42.5 Å². The van der Waals surface area contributed by atoms with Crippen LogP contribution in [-0.2, 0) is 16.0 Å². The van der Waals surface area contributed by atoms with Crippen LogP contribution in [0.25, 0.3) is 0 Å². The molecule has 0 aromatic heterocycles. The monoisotopic (exact) mass is 356 g/mol. The molecule has 1 unspecified atom stereocenters. The lowest BCUT2D eigenvalue weighted by Crippen LogP contribution is -2.34. The molecular formula is C19H20N2O5. The van der Waals surface area contributed by atoms with Crippen LogP contribution < -0.4 is 5.32 Å². The first kappa shape index (κ1) is 19.1. The number of nitro benzene ring substituents is 1. The Morgan fingerprint density at radius 3 is 2.54 bits per heavy atom. The van der Waals surface area contributed by atoms with Gasteiger partial charge in [-0.3, -0.25) is 14.9 Å². The lowest BCUT2D eigenvalue weighted by molar-refractivity contribution is -0.384. The first-order chi connectivity index (χ1) is 12.3. The van der Waals surface area contributed by atoms with E-state index in [0.29, 0.717) is 11.1 Å². The molecule has 0 fully saturated rings. The van der Waals surface area contributed by atoms with E-state index in [9.17, 15) is 24.8 Å².